The molecule has 0 spiro atoms. The molecule has 1 aliphatic rings. The van der Waals surface area contributed by atoms with Crippen molar-refractivity contribution in [1.29, 1.82) is 0 Å². The molecule has 0 saturated carbocycles. The lowest BCUT2D eigenvalue weighted by Gasteiger charge is -2.42. The van der Waals surface area contributed by atoms with Crippen molar-refractivity contribution in [3.05, 3.63) is 0 Å². The standard InChI is InChI=1S/C7H12O8/c8-1-2-3(9)4(10)5(11)7(14,15-2)6(12)13/h2-5,8-11,14H,1H2,(H,12,13)/t2-,3-,4-,5+,7?/m1/s1. The molecule has 5 atom stereocenters. The van der Waals surface area contributed by atoms with Gasteiger partial charge in [0.15, 0.2) is 0 Å². The normalized spacial score (nSPS) is 46.5. The molecular weight excluding hydrogens is 212 g/mol. The van der Waals surface area contributed by atoms with Crippen LogP contribution in [0.1, 0.15) is 0 Å². The summed E-state index contributed by atoms with van der Waals surface area (Å²) in [5, 5.41) is 54.3. The zero-order valence-corrected chi connectivity index (χ0v) is 7.52. The van der Waals surface area contributed by atoms with Gasteiger partial charge in [0.2, 0.25) is 0 Å². The number of carboxylic acid groups (broad SMARTS) is 1. The van der Waals surface area contributed by atoms with E-state index in [1.54, 1.807) is 0 Å². The number of carboxylic acids is 1. The molecule has 88 valence electrons. The van der Waals surface area contributed by atoms with Crippen LogP contribution in [0.4, 0.5) is 0 Å². The van der Waals surface area contributed by atoms with Crippen molar-refractivity contribution in [2.24, 2.45) is 0 Å². The first kappa shape index (κ1) is 12.3. The number of hydrogen-bond donors (Lipinski definition) is 6. The largest absolute Gasteiger partial charge is 0.477 e. The Morgan fingerprint density at radius 1 is 1.27 bits per heavy atom. The van der Waals surface area contributed by atoms with Gasteiger partial charge in [-0.1, -0.05) is 0 Å². The highest BCUT2D eigenvalue weighted by Gasteiger charge is 2.57. The number of carbonyl (C=O) groups is 1. The number of hydrogen-bond acceptors (Lipinski definition) is 7. The quantitative estimate of drug-likeness (QED) is 0.280. The summed E-state index contributed by atoms with van der Waals surface area (Å²) in [5.74, 6) is -4.95. The van der Waals surface area contributed by atoms with E-state index in [-0.39, 0.29) is 0 Å². The molecule has 1 unspecified atom stereocenters. The predicted molar refractivity (Wildman–Crippen MR) is 42.6 cm³/mol. The second-order valence-corrected chi connectivity index (χ2v) is 3.27. The molecule has 1 fully saturated rings. The van der Waals surface area contributed by atoms with E-state index < -0.39 is 42.8 Å². The van der Waals surface area contributed by atoms with Crippen molar-refractivity contribution >= 4 is 5.97 Å². The maximum atomic E-state index is 10.6. The Labute approximate surface area is 84.0 Å². The third-order valence-corrected chi connectivity index (χ3v) is 2.27. The van der Waals surface area contributed by atoms with Crippen molar-refractivity contribution in [3.63, 3.8) is 0 Å². The molecule has 1 rings (SSSR count). The minimum Gasteiger partial charge on any atom is -0.477 e. The Morgan fingerprint density at radius 2 is 1.80 bits per heavy atom. The second-order valence-electron chi connectivity index (χ2n) is 3.27. The van der Waals surface area contributed by atoms with Gasteiger partial charge in [0.25, 0.3) is 5.79 Å². The Hall–Kier alpha value is -0.770. The lowest BCUT2D eigenvalue weighted by Crippen LogP contribution is -2.68. The molecule has 0 bridgehead atoms. The molecule has 0 aromatic rings. The average molecular weight is 224 g/mol. The Bertz CT molecular complexity index is 253. The van der Waals surface area contributed by atoms with Crippen molar-refractivity contribution in [3.8, 4) is 0 Å². The molecule has 6 N–H and O–H groups in total. The Balaban J connectivity index is 2.97. The van der Waals surface area contributed by atoms with Crippen molar-refractivity contribution in [2.45, 2.75) is 30.2 Å². The highest BCUT2D eigenvalue weighted by Crippen LogP contribution is 2.28. The summed E-state index contributed by atoms with van der Waals surface area (Å²) < 4.78 is 4.43. The molecule has 0 aliphatic carbocycles. The molecule has 1 aliphatic heterocycles. The lowest BCUT2D eigenvalue weighted by atomic mass is 9.93. The first-order chi connectivity index (χ1) is 6.84. The number of aliphatic hydroxyl groups is 5. The summed E-state index contributed by atoms with van der Waals surface area (Å²) in [5.41, 5.74) is 0. The van der Waals surface area contributed by atoms with Crippen LogP contribution in [0, 0.1) is 0 Å². The highest BCUT2D eigenvalue weighted by atomic mass is 16.7. The van der Waals surface area contributed by atoms with Gasteiger partial charge < -0.3 is 35.4 Å². The number of ether oxygens (including phenoxy) is 1. The third kappa shape index (κ3) is 1.83. The van der Waals surface area contributed by atoms with Crippen LogP contribution in [-0.4, -0.2) is 73.4 Å². The van der Waals surface area contributed by atoms with Crippen LogP contribution in [-0.2, 0) is 9.53 Å². The molecule has 1 saturated heterocycles. The highest BCUT2D eigenvalue weighted by molar-refractivity contribution is 5.76. The van der Waals surface area contributed by atoms with E-state index >= 15 is 0 Å². The van der Waals surface area contributed by atoms with Gasteiger partial charge in [0.1, 0.15) is 24.4 Å². The smallest absolute Gasteiger partial charge is 0.367 e. The van der Waals surface area contributed by atoms with Gasteiger partial charge in [-0.15, -0.1) is 0 Å². The monoisotopic (exact) mass is 224 g/mol. The van der Waals surface area contributed by atoms with E-state index in [2.05, 4.69) is 4.74 Å². The summed E-state index contributed by atoms with van der Waals surface area (Å²) in [4.78, 5) is 10.6. The van der Waals surface area contributed by atoms with E-state index in [0.29, 0.717) is 0 Å². The summed E-state index contributed by atoms with van der Waals surface area (Å²) in [7, 11) is 0. The summed E-state index contributed by atoms with van der Waals surface area (Å²) in [6.07, 6.45) is -7.28. The molecule has 0 aromatic heterocycles. The van der Waals surface area contributed by atoms with Gasteiger partial charge >= 0.3 is 5.97 Å². The summed E-state index contributed by atoms with van der Waals surface area (Å²) in [6, 6.07) is 0. The molecule has 15 heavy (non-hydrogen) atoms. The van der Waals surface area contributed by atoms with Crippen LogP contribution >= 0.6 is 0 Å². The van der Waals surface area contributed by atoms with Crippen LogP contribution in [0.3, 0.4) is 0 Å². The van der Waals surface area contributed by atoms with Crippen molar-refractivity contribution < 1.29 is 40.2 Å². The second kappa shape index (κ2) is 4.00. The van der Waals surface area contributed by atoms with E-state index in [1.165, 1.54) is 0 Å². The van der Waals surface area contributed by atoms with E-state index in [9.17, 15) is 25.2 Å². The maximum absolute atomic E-state index is 10.6. The zero-order valence-electron chi connectivity index (χ0n) is 7.52. The van der Waals surface area contributed by atoms with Crippen molar-refractivity contribution in [2.75, 3.05) is 6.61 Å². The minimum atomic E-state index is -3.04. The molecule has 0 aromatic carbocycles. The number of rotatable bonds is 2. The minimum absolute atomic E-state index is 0.805. The van der Waals surface area contributed by atoms with Crippen LogP contribution in [0.25, 0.3) is 0 Å². The van der Waals surface area contributed by atoms with E-state index in [1.807, 2.05) is 0 Å². The molecule has 0 radical (unpaired) electrons. The van der Waals surface area contributed by atoms with Crippen LogP contribution < -0.4 is 0 Å². The number of aliphatic hydroxyl groups excluding tert-OH is 4. The lowest BCUT2D eigenvalue weighted by molar-refractivity contribution is -0.337. The van der Waals surface area contributed by atoms with Gasteiger partial charge in [-0.3, -0.25) is 0 Å². The Kier molecular flexibility index (Phi) is 3.28. The SMILES string of the molecule is O=C(O)C1(O)O[C@H](CO)[C@@H](O)[C@@H](O)[C@@H]1O. The fourth-order valence-corrected chi connectivity index (χ4v) is 1.33. The first-order valence-corrected chi connectivity index (χ1v) is 4.13. The molecule has 1 heterocycles. The Morgan fingerprint density at radius 3 is 2.20 bits per heavy atom. The van der Waals surface area contributed by atoms with E-state index in [4.69, 9.17) is 10.2 Å². The average Bonchev–Trinajstić information content (AvgIpc) is 2.20. The van der Waals surface area contributed by atoms with E-state index in [0.717, 1.165) is 0 Å². The van der Waals surface area contributed by atoms with Crippen molar-refractivity contribution in [1.82, 2.24) is 0 Å². The zero-order chi connectivity index (χ0) is 11.8. The third-order valence-electron chi connectivity index (χ3n) is 2.27. The molecular formula is C7H12O8. The van der Waals surface area contributed by atoms with Gasteiger partial charge in [0, 0.05) is 0 Å². The van der Waals surface area contributed by atoms with Crippen LogP contribution in [0.5, 0.6) is 0 Å². The number of aliphatic carboxylic acids is 1. The molecule has 8 nitrogen and oxygen atoms in total. The summed E-state index contributed by atoms with van der Waals surface area (Å²) in [6.45, 7) is -0.805. The first-order valence-electron chi connectivity index (χ1n) is 4.13. The van der Waals surface area contributed by atoms with Crippen LogP contribution in [0.15, 0.2) is 0 Å². The fourth-order valence-electron chi connectivity index (χ4n) is 1.33. The van der Waals surface area contributed by atoms with Gasteiger partial charge in [0.05, 0.1) is 6.61 Å². The molecule has 8 heteroatoms. The van der Waals surface area contributed by atoms with Gasteiger partial charge in [-0.05, 0) is 0 Å². The maximum Gasteiger partial charge on any atom is 0.367 e. The van der Waals surface area contributed by atoms with Crippen LogP contribution in [0.2, 0.25) is 0 Å². The fraction of sp³-hybridized carbons (Fsp3) is 0.857. The molecule has 0 amide bonds. The topological polar surface area (TPSA) is 148 Å². The summed E-state index contributed by atoms with van der Waals surface area (Å²) >= 11 is 0. The van der Waals surface area contributed by atoms with Gasteiger partial charge in [-0.25, -0.2) is 4.79 Å². The predicted octanol–water partition coefficient (Wildman–Crippen LogP) is -3.77. The van der Waals surface area contributed by atoms with Gasteiger partial charge in [-0.2, -0.15) is 0 Å².